The summed E-state index contributed by atoms with van der Waals surface area (Å²) >= 11 is 5.79. The Morgan fingerprint density at radius 1 is 1.48 bits per heavy atom. The maximum Gasteiger partial charge on any atom is 0.472 e. The minimum absolute atomic E-state index is 0.0823. The van der Waals surface area contributed by atoms with Gasteiger partial charge in [0.05, 0.1) is 12.9 Å². The average Bonchev–Trinajstić information content (AvgIpc) is 3.00. The first kappa shape index (κ1) is 15.2. The molecule has 2 aliphatic heterocycles. The van der Waals surface area contributed by atoms with Gasteiger partial charge in [-0.25, -0.2) is 9.55 Å². The SMILES string of the molecule is Nc1nc(Cl)nc2c1ncn2C1OC2COP(=O)(O)OC2C1O. The van der Waals surface area contributed by atoms with Crippen LogP contribution < -0.4 is 5.73 Å². The second-order valence-electron chi connectivity index (χ2n) is 5.09. The van der Waals surface area contributed by atoms with Gasteiger partial charge in [0.25, 0.3) is 0 Å². The summed E-state index contributed by atoms with van der Waals surface area (Å²) in [7, 11) is -4.19. The van der Waals surface area contributed by atoms with Gasteiger partial charge < -0.3 is 20.5 Å². The highest BCUT2D eigenvalue weighted by atomic mass is 35.5. The number of aliphatic hydroxyl groups excluding tert-OH is 1. The van der Waals surface area contributed by atoms with Gasteiger partial charge in [-0.3, -0.25) is 13.6 Å². The third-order valence-electron chi connectivity index (χ3n) is 3.66. The Kier molecular flexibility index (Phi) is 3.36. The molecule has 5 atom stereocenters. The molecular formula is C10H11ClN5O6P. The van der Waals surface area contributed by atoms with Gasteiger partial charge in [0.1, 0.15) is 23.8 Å². The number of aliphatic hydroxyl groups is 1. The summed E-state index contributed by atoms with van der Waals surface area (Å²) in [6.45, 7) is -0.184. The largest absolute Gasteiger partial charge is 0.472 e. The van der Waals surface area contributed by atoms with Gasteiger partial charge in [-0.05, 0) is 11.6 Å². The predicted molar refractivity (Wildman–Crippen MR) is 75.3 cm³/mol. The van der Waals surface area contributed by atoms with Crippen molar-refractivity contribution in [3.05, 3.63) is 11.6 Å². The third kappa shape index (κ3) is 2.41. The number of aromatic nitrogens is 4. The Balaban J connectivity index is 1.73. The van der Waals surface area contributed by atoms with Crippen LogP contribution in [0, 0.1) is 0 Å². The maximum absolute atomic E-state index is 11.5. The molecule has 2 fully saturated rings. The van der Waals surface area contributed by atoms with Crippen LogP contribution in [-0.4, -0.2) is 54.4 Å². The Bertz CT molecular complexity index is 831. The fourth-order valence-corrected chi connectivity index (χ4v) is 3.80. The van der Waals surface area contributed by atoms with Crippen molar-refractivity contribution < 1.29 is 28.3 Å². The van der Waals surface area contributed by atoms with Crippen LogP contribution in [0.15, 0.2) is 6.33 Å². The molecule has 0 radical (unpaired) electrons. The van der Waals surface area contributed by atoms with Gasteiger partial charge in [0, 0.05) is 0 Å². The lowest BCUT2D eigenvalue weighted by Crippen LogP contribution is -2.39. The number of nitrogens with zero attached hydrogens (tertiary/aromatic N) is 4. The number of hydrogen-bond donors (Lipinski definition) is 3. The lowest BCUT2D eigenvalue weighted by atomic mass is 10.1. The van der Waals surface area contributed by atoms with E-state index in [1.807, 2.05) is 0 Å². The molecule has 4 rings (SSSR count). The van der Waals surface area contributed by atoms with Crippen LogP contribution in [0.5, 0.6) is 0 Å². The van der Waals surface area contributed by atoms with E-state index in [1.54, 1.807) is 0 Å². The minimum Gasteiger partial charge on any atom is -0.386 e. The van der Waals surface area contributed by atoms with Gasteiger partial charge in [0.15, 0.2) is 17.7 Å². The van der Waals surface area contributed by atoms with Gasteiger partial charge in [-0.2, -0.15) is 9.97 Å². The number of imidazole rings is 1. The highest BCUT2D eigenvalue weighted by Gasteiger charge is 2.52. The third-order valence-corrected chi connectivity index (χ3v) is 4.82. The summed E-state index contributed by atoms with van der Waals surface area (Å²) in [5.41, 5.74) is 6.29. The van der Waals surface area contributed by atoms with Gasteiger partial charge in [-0.1, -0.05) is 0 Å². The summed E-state index contributed by atoms with van der Waals surface area (Å²) in [6, 6.07) is 0. The monoisotopic (exact) mass is 363 g/mol. The minimum atomic E-state index is -4.19. The topological polar surface area (TPSA) is 155 Å². The summed E-state index contributed by atoms with van der Waals surface area (Å²) in [5, 5.41) is 10.3. The van der Waals surface area contributed by atoms with Crippen LogP contribution in [0.25, 0.3) is 11.2 Å². The number of anilines is 1. The van der Waals surface area contributed by atoms with Gasteiger partial charge >= 0.3 is 7.82 Å². The summed E-state index contributed by atoms with van der Waals surface area (Å²) < 4.78 is 28.1. The Morgan fingerprint density at radius 2 is 2.26 bits per heavy atom. The lowest BCUT2D eigenvalue weighted by Gasteiger charge is -2.27. The highest BCUT2D eigenvalue weighted by molar-refractivity contribution is 7.47. The highest BCUT2D eigenvalue weighted by Crippen LogP contribution is 2.52. The zero-order valence-electron chi connectivity index (χ0n) is 11.3. The summed E-state index contributed by atoms with van der Waals surface area (Å²) in [5.74, 6) is 0.0862. The molecule has 0 bridgehead atoms. The summed E-state index contributed by atoms with van der Waals surface area (Å²) in [4.78, 5) is 21.3. The zero-order valence-corrected chi connectivity index (χ0v) is 13.0. The van der Waals surface area contributed by atoms with Crippen molar-refractivity contribution in [2.75, 3.05) is 12.3 Å². The number of phosphoric acid groups is 1. The second kappa shape index (κ2) is 5.08. The van der Waals surface area contributed by atoms with E-state index in [0.29, 0.717) is 5.52 Å². The molecular weight excluding hydrogens is 353 g/mol. The maximum atomic E-state index is 11.5. The Morgan fingerprint density at radius 3 is 3.04 bits per heavy atom. The van der Waals surface area contributed by atoms with Crippen molar-refractivity contribution in [3.8, 4) is 0 Å². The molecule has 2 aromatic heterocycles. The molecule has 0 aliphatic carbocycles. The fourth-order valence-electron chi connectivity index (χ4n) is 2.66. The van der Waals surface area contributed by atoms with Gasteiger partial charge in [-0.15, -0.1) is 0 Å². The van der Waals surface area contributed by atoms with Crippen LogP contribution in [0.4, 0.5) is 5.82 Å². The van der Waals surface area contributed by atoms with Crippen LogP contribution >= 0.6 is 19.4 Å². The van der Waals surface area contributed by atoms with Crippen LogP contribution in [0.3, 0.4) is 0 Å². The lowest BCUT2D eigenvalue weighted by molar-refractivity contribution is -0.0664. The molecule has 0 saturated carbocycles. The first-order chi connectivity index (χ1) is 10.9. The normalized spacial score (nSPS) is 37.2. The van der Waals surface area contributed by atoms with E-state index < -0.39 is 32.4 Å². The van der Waals surface area contributed by atoms with Crippen molar-refractivity contribution in [3.63, 3.8) is 0 Å². The van der Waals surface area contributed by atoms with Gasteiger partial charge in [0.2, 0.25) is 5.28 Å². The molecule has 4 N–H and O–H groups in total. The number of rotatable bonds is 1. The number of phosphoric ester groups is 1. The zero-order chi connectivity index (χ0) is 16.4. The average molecular weight is 364 g/mol. The van der Waals surface area contributed by atoms with E-state index in [0.717, 1.165) is 0 Å². The number of hydrogen-bond acceptors (Lipinski definition) is 9. The molecule has 0 aromatic carbocycles. The van der Waals surface area contributed by atoms with Crippen molar-refractivity contribution in [2.24, 2.45) is 0 Å². The molecule has 5 unspecified atom stereocenters. The van der Waals surface area contributed by atoms with E-state index in [4.69, 9.17) is 26.6 Å². The van der Waals surface area contributed by atoms with E-state index >= 15 is 0 Å². The van der Waals surface area contributed by atoms with E-state index in [9.17, 15) is 14.6 Å². The first-order valence-corrected chi connectivity index (χ1v) is 8.38. The fraction of sp³-hybridized carbons (Fsp3) is 0.500. The first-order valence-electron chi connectivity index (χ1n) is 6.50. The van der Waals surface area contributed by atoms with E-state index in [-0.39, 0.29) is 23.4 Å². The molecule has 0 amide bonds. The van der Waals surface area contributed by atoms with E-state index in [1.165, 1.54) is 10.9 Å². The molecule has 13 heteroatoms. The number of fused-ring (bicyclic) bond motifs is 2. The van der Waals surface area contributed by atoms with Crippen LogP contribution in [0.2, 0.25) is 5.28 Å². The molecule has 11 nitrogen and oxygen atoms in total. The van der Waals surface area contributed by atoms with Crippen LogP contribution in [0.1, 0.15) is 6.23 Å². The molecule has 2 aromatic rings. The number of ether oxygens (including phenoxy) is 1. The molecule has 2 saturated heterocycles. The Labute approximate surface area is 133 Å². The molecule has 124 valence electrons. The smallest absolute Gasteiger partial charge is 0.386 e. The number of nitrogens with two attached hydrogens (primary N) is 1. The predicted octanol–water partition coefficient (Wildman–Crippen LogP) is -0.164. The standard InChI is InChI=1S/C10H11ClN5O6P/c11-10-14-7(12)4-8(15-10)16(2-13-4)9-5(17)6-3(21-9)1-20-23(18,19)22-6/h2-3,5-6,9,17H,1H2,(H,18,19)(H2,12,14,15). The summed E-state index contributed by atoms with van der Waals surface area (Å²) in [6.07, 6.45) is -2.57. The number of halogens is 1. The van der Waals surface area contributed by atoms with Crippen molar-refractivity contribution in [2.45, 2.75) is 24.5 Å². The molecule has 2 aliphatic rings. The van der Waals surface area contributed by atoms with Crippen LogP contribution in [-0.2, 0) is 18.3 Å². The molecule has 23 heavy (non-hydrogen) atoms. The molecule has 0 spiro atoms. The van der Waals surface area contributed by atoms with Crippen molar-refractivity contribution in [1.29, 1.82) is 0 Å². The number of nitrogen functional groups attached to an aromatic ring is 1. The quantitative estimate of drug-likeness (QED) is 0.459. The van der Waals surface area contributed by atoms with Crippen molar-refractivity contribution in [1.82, 2.24) is 19.5 Å². The van der Waals surface area contributed by atoms with Crippen molar-refractivity contribution >= 4 is 36.4 Å². The Hall–Kier alpha value is -1.33. The van der Waals surface area contributed by atoms with E-state index in [2.05, 4.69) is 19.5 Å². The second-order valence-corrected chi connectivity index (χ2v) is 6.84. The molecule has 4 heterocycles.